The molecule has 0 saturated heterocycles. The first-order chi connectivity index (χ1) is 11.6. The van der Waals surface area contributed by atoms with Crippen LogP contribution in [-0.2, 0) is 0 Å². The smallest absolute Gasteiger partial charge is 0.269 e. The zero-order chi connectivity index (χ0) is 16.7. The maximum atomic E-state index is 12.6. The van der Waals surface area contributed by atoms with Gasteiger partial charge in [-0.2, -0.15) is 0 Å². The van der Waals surface area contributed by atoms with Crippen LogP contribution in [0.15, 0.2) is 35.7 Å². The third-order valence-electron chi connectivity index (χ3n) is 3.50. The second-order valence-corrected chi connectivity index (χ2v) is 8.33. The molecule has 0 aliphatic heterocycles. The number of carbonyl (C=O) groups is 1. The Morgan fingerprint density at radius 3 is 2.79 bits per heavy atom. The summed E-state index contributed by atoms with van der Waals surface area (Å²) in [4.78, 5) is 23.3. The first-order valence-electron chi connectivity index (χ1n) is 7.30. The van der Waals surface area contributed by atoms with Crippen LogP contribution < -0.4 is 5.32 Å². The molecular formula is C17H13N3OS3. The summed E-state index contributed by atoms with van der Waals surface area (Å²) in [6.07, 6.45) is 0. The largest absolute Gasteiger partial charge is 0.297 e. The van der Waals surface area contributed by atoms with Crippen LogP contribution in [0.4, 0.5) is 5.13 Å². The normalized spacial score (nSPS) is 11.1. The van der Waals surface area contributed by atoms with Gasteiger partial charge in [0.2, 0.25) is 0 Å². The molecule has 1 N–H and O–H groups in total. The molecule has 4 aromatic rings. The highest BCUT2D eigenvalue weighted by atomic mass is 32.1. The SMILES string of the molecule is Cc1ccc2nc(NC(=O)c3sc(-c4cccs4)nc3C)sc2c1. The molecule has 1 aromatic carbocycles. The number of nitrogens with zero attached hydrogens (tertiary/aromatic N) is 2. The Kier molecular flexibility index (Phi) is 3.91. The first-order valence-corrected chi connectivity index (χ1v) is 9.81. The fourth-order valence-electron chi connectivity index (χ4n) is 2.35. The van der Waals surface area contributed by atoms with E-state index >= 15 is 0 Å². The molecule has 0 spiro atoms. The van der Waals surface area contributed by atoms with Gasteiger partial charge in [0.25, 0.3) is 5.91 Å². The number of nitrogens with one attached hydrogen (secondary N) is 1. The van der Waals surface area contributed by atoms with Crippen molar-refractivity contribution >= 4 is 55.3 Å². The minimum Gasteiger partial charge on any atom is -0.297 e. The van der Waals surface area contributed by atoms with Gasteiger partial charge in [0.05, 0.1) is 20.8 Å². The Morgan fingerprint density at radius 1 is 1.12 bits per heavy atom. The van der Waals surface area contributed by atoms with Crippen molar-refractivity contribution in [1.29, 1.82) is 0 Å². The zero-order valence-corrected chi connectivity index (χ0v) is 15.4. The summed E-state index contributed by atoms with van der Waals surface area (Å²) in [6, 6.07) is 10.1. The number of aromatic nitrogens is 2. The van der Waals surface area contributed by atoms with Gasteiger partial charge in [0.15, 0.2) is 5.13 Å². The Labute approximate surface area is 150 Å². The van der Waals surface area contributed by atoms with E-state index in [0.29, 0.717) is 10.0 Å². The lowest BCUT2D eigenvalue weighted by Gasteiger charge is -1.98. The number of fused-ring (bicyclic) bond motifs is 1. The van der Waals surface area contributed by atoms with E-state index in [1.165, 1.54) is 28.2 Å². The predicted molar refractivity (Wildman–Crippen MR) is 102 cm³/mol. The van der Waals surface area contributed by atoms with Crippen molar-refractivity contribution in [3.63, 3.8) is 0 Å². The quantitative estimate of drug-likeness (QED) is 0.528. The van der Waals surface area contributed by atoms with E-state index in [4.69, 9.17) is 0 Å². The van der Waals surface area contributed by atoms with Gasteiger partial charge < -0.3 is 0 Å². The van der Waals surface area contributed by atoms with Crippen molar-refractivity contribution in [2.24, 2.45) is 0 Å². The number of hydrogen-bond acceptors (Lipinski definition) is 6. The molecule has 0 bridgehead atoms. The molecule has 0 saturated carbocycles. The topological polar surface area (TPSA) is 54.9 Å². The molecule has 0 radical (unpaired) electrons. The lowest BCUT2D eigenvalue weighted by molar-refractivity contribution is 0.103. The highest BCUT2D eigenvalue weighted by molar-refractivity contribution is 7.23. The van der Waals surface area contributed by atoms with Crippen LogP contribution in [0, 0.1) is 13.8 Å². The summed E-state index contributed by atoms with van der Waals surface area (Å²) in [7, 11) is 0. The molecular weight excluding hydrogens is 358 g/mol. The van der Waals surface area contributed by atoms with Crippen LogP contribution in [-0.4, -0.2) is 15.9 Å². The van der Waals surface area contributed by atoms with Crippen molar-refractivity contribution in [1.82, 2.24) is 9.97 Å². The highest BCUT2D eigenvalue weighted by Gasteiger charge is 2.18. The second-order valence-electron chi connectivity index (χ2n) is 5.36. The van der Waals surface area contributed by atoms with Crippen LogP contribution >= 0.6 is 34.0 Å². The van der Waals surface area contributed by atoms with Crippen molar-refractivity contribution in [3.8, 4) is 9.88 Å². The lowest BCUT2D eigenvalue weighted by atomic mass is 10.2. The first kappa shape index (κ1) is 15.4. The Bertz CT molecular complexity index is 1030. The van der Waals surface area contributed by atoms with Crippen LogP contribution in [0.3, 0.4) is 0 Å². The molecule has 7 heteroatoms. The van der Waals surface area contributed by atoms with E-state index in [9.17, 15) is 4.79 Å². The van der Waals surface area contributed by atoms with Gasteiger partial charge in [0.1, 0.15) is 9.88 Å². The second kappa shape index (κ2) is 6.08. The molecule has 0 aliphatic carbocycles. The monoisotopic (exact) mass is 371 g/mol. The summed E-state index contributed by atoms with van der Waals surface area (Å²) >= 11 is 4.53. The van der Waals surface area contributed by atoms with E-state index in [2.05, 4.69) is 21.4 Å². The minimum absolute atomic E-state index is 0.149. The number of carbonyl (C=O) groups excluding carboxylic acids is 1. The number of amides is 1. The molecule has 3 aromatic heterocycles. The molecule has 24 heavy (non-hydrogen) atoms. The summed E-state index contributed by atoms with van der Waals surface area (Å²) < 4.78 is 1.07. The van der Waals surface area contributed by atoms with E-state index in [1.807, 2.05) is 43.5 Å². The van der Waals surface area contributed by atoms with Gasteiger partial charge in [-0.25, -0.2) is 9.97 Å². The maximum Gasteiger partial charge on any atom is 0.269 e. The van der Waals surface area contributed by atoms with Crippen LogP contribution in [0.5, 0.6) is 0 Å². The van der Waals surface area contributed by atoms with E-state index in [-0.39, 0.29) is 5.91 Å². The number of aryl methyl sites for hydroxylation is 2. The van der Waals surface area contributed by atoms with Gasteiger partial charge in [0, 0.05) is 0 Å². The molecule has 4 nitrogen and oxygen atoms in total. The molecule has 0 aliphatic rings. The predicted octanol–water partition coefficient (Wildman–Crippen LogP) is 5.35. The molecule has 1 amide bonds. The van der Waals surface area contributed by atoms with Crippen molar-refractivity contribution in [2.75, 3.05) is 5.32 Å². The molecule has 0 atom stereocenters. The molecule has 3 heterocycles. The minimum atomic E-state index is -0.149. The van der Waals surface area contributed by atoms with E-state index < -0.39 is 0 Å². The molecule has 0 unspecified atom stereocenters. The van der Waals surface area contributed by atoms with Gasteiger partial charge in [-0.1, -0.05) is 23.5 Å². The average molecular weight is 372 g/mol. The number of benzene rings is 1. The summed E-state index contributed by atoms with van der Waals surface area (Å²) in [5.41, 5.74) is 2.84. The lowest BCUT2D eigenvalue weighted by Crippen LogP contribution is -2.11. The van der Waals surface area contributed by atoms with E-state index in [1.54, 1.807) is 11.3 Å². The van der Waals surface area contributed by atoms with E-state index in [0.717, 1.165) is 25.8 Å². The number of thiophene rings is 1. The summed E-state index contributed by atoms with van der Waals surface area (Å²) in [5, 5.41) is 6.42. The van der Waals surface area contributed by atoms with Gasteiger partial charge in [-0.3, -0.25) is 10.1 Å². The van der Waals surface area contributed by atoms with Crippen LogP contribution in [0.1, 0.15) is 20.9 Å². The van der Waals surface area contributed by atoms with Gasteiger partial charge in [-0.15, -0.1) is 22.7 Å². The van der Waals surface area contributed by atoms with Crippen molar-refractivity contribution < 1.29 is 4.79 Å². The Balaban J connectivity index is 1.61. The van der Waals surface area contributed by atoms with Gasteiger partial charge >= 0.3 is 0 Å². The highest BCUT2D eigenvalue weighted by Crippen LogP contribution is 2.32. The average Bonchev–Trinajstić information content (AvgIpc) is 3.25. The van der Waals surface area contributed by atoms with Crippen molar-refractivity contribution in [2.45, 2.75) is 13.8 Å². The Hall–Kier alpha value is -2.09. The number of rotatable bonds is 3. The van der Waals surface area contributed by atoms with Crippen LogP contribution in [0.2, 0.25) is 0 Å². The Morgan fingerprint density at radius 2 is 2.00 bits per heavy atom. The van der Waals surface area contributed by atoms with Crippen molar-refractivity contribution in [3.05, 3.63) is 51.8 Å². The summed E-state index contributed by atoms with van der Waals surface area (Å²) in [6.45, 7) is 3.91. The number of anilines is 1. The third-order valence-corrected chi connectivity index (χ3v) is 6.63. The van der Waals surface area contributed by atoms with Gasteiger partial charge in [-0.05, 0) is 43.0 Å². The fourth-order valence-corrected chi connectivity index (χ4v) is 5.07. The number of thiazole rings is 2. The molecule has 120 valence electrons. The molecule has 0 fully saturated rings. The van der Waals surface area contributed by atoms with Crippen LogP contribution in [0.25, 0.3) is 20.1 Å². The third kappa shape index (κ3) is 2.86. The number of hydrogen-bond donors (Lipinski definition) is 1. The zero-order valence-electron chi connectivity index (χ0n) is 13.0. The fraction of sp³-hybridized carbons (Fsp3) is 0.118. The standard InChI is InChI=1S/C17H13N3OS3/c1-9-5-6-11-13(8-9)23-17(19-11)20-15(21)14-10(2)18-16(24-14)12-4-3-7-22-12/h3-8H,1-2H3,(H,19,20,21). The maximum absolute atomic E-state index is 12.6. The summed E-state index contributed by atoms with van der Waals surface area (Å²) in [5.74, 6) is -0.149. The molecule has 4 rings (SSSR count).